The molecule has 0 aliphatic heterocycles. The minimum Gasteiger partial charge on any atom is -0.490 e. The molecule has 1 aromatic heterocycles. The Labute approximate surface area is 219 Å². The molecule has 0 unspecified atom stereocenters. The van der Waals surface area contributed by atoms with Crippen LogP contribution in [0.5, 0.6) is 11.5 Å². The van der Waals surface area contributed by atoms with Crippen LogP contribution in [-0.2, 0) is 6.18 Å². The zero-order valence-corrected chi connectivity index (χ0v) is 21.8. The highest BCUT2D eigenvalue weighted by molar-refractivity contribution is 9.10. The fourth-order valence-corrected chi connectivity index (χ4v) is 4.21. The molecule has 10 heteroatoms. The van der Waals surface area contributed by atoms with Gasteiger partial charge in [-0.05, 0) is 78.7 Å². The molecule has 0 aliphatic carbocycles. The Hall–Kier alpha value is -3.66. The molecule has 0 radical (unpaired) electrons. The van der Waals surface area contributed by atoms with E-state index in [-0.39, 0.29) is 22.9 Å². The fourth-order valence-electron chi connectivity index (χ4n) is 3.65. The molecule has 192 valence electrons. The monoisotopic (exact) mass is 573 g/mol. The van der Waals surface area contributed by atoms with E-state index in [0.717, 1.165) is 16.8 Å². The SMILES string of the molecule is CCOc1cc(C=Nn2c(-c3cccc(C(F)(F)F)c3)nc3ccccc3c2=O)cc(Br)c1OC(C)C. The second-order valence-electron chi connectivity index (χ2n) is 8.32. The summed E-state index contributed by atoms with van der Waals surface area (Å²) >= 11 is 3.49. The molecule has 4 rings (SSSR count). The van der Waals surface area contributed by atoms with Crippen LogP contribution in [0, 0.1) is 0 Å². The predicted molar refractivity (Wildman–Crippen MR) is 141 cm³/mol. The number of fused-ring (bicyclic) bond motifs is 1. The smallest absolute Gasteiger partial charge is 0.416 e. The zero-order valence-electron chi connectivity index (χ0n) is 20.2. The lowest BCUT2D eigenvalue weighted by molar-refractivity contribution is -0.137. The molecular weight excluding hydrogens is 551 g/mol. The van der Waals surface area contributed by atoms with Crippen molar-refractivity contribution in [2.75, 3.05) is 6.61 Å². The molecule has 0 aliphatic rings. The van der Waals surface area contributed by atoms with Crippen molar-refractivity contribution in [1.29, 1.82) is 0 Å². The van der Waals surface area contributed by atoms with Crippen LogP contribution in [-0.4, -0.2) is 28.6 Å². The Morgan fingerprint density at radius 2 is 1.86 bits per heavy atom. The van der Waals surface area contributed by atoms with Crippen LogP contribution in [0.1, 0.15) is 31.9 Å². The van der Waals surface area contributed by atoms with E-state index in [0.29, 0.717) is 33.7 Å². The Kier molecular flexibility index (Phi) is 7.68. The van der Waals surface area contributed by atoms with E-state index in [9.17, 15) is 18.0 Å². The summed E-state index contributed by atoms with van der Waals surface area (Å²) in [7, 11) is 0. The molecule has 0 amide bonds. The number of ether oxygens (including phenoxy) is 2. The summed E-state index contributed by atoms with van der Waals surface area (Å²) in [6, 6.07) is 14.7. The zero-order chi connectivity index (χ0) is 26.7. The maximum absolute atomic E-state index is 13.4. The Morgan fingerprint density at radius 3 is 2.57 bits per heavy atom. The van der Waals surface area contributed by atoms with Gasteiger partial charge in [-0.1, -0.05) is 24.3 Å². The van der Waals surface area contributed by atoms with Crippen LogP contribution in [0.4, 0.5) is 13.2 Å². The molecule has 4 aromatic rings. The van der Waals surface area contributed by atoms with Gasteiger partial charge in [0.15, 0.2) is 17.3 Å². The first-order valence-electron chi connectivity index (χ1n) is 11.4. The van der Waals surface area contributed by atoms with Crippen LogP contribution in [0.15, 0.2) is 75.0 Å². The minimum absolute atomic E-state index is 0.0186. The second kappa shape index (κ2) is 10.8. The summed E-state index contributed by atoms with van der Waals surface area (Å²) < 4.78 is 53.4. The lowest BCUT2D eigenvalue weighted by atomic mass is 10.1. The number of hydrogen-bond acceptors (Lipinski definition) is 5. The number of hydrogen-bond donors (Lipinski definition) is 0. The van der Waals surface area contributed by atoms with Crippen molar-refractivity contribution < 1.29 is 22.6 Å². The summed E-state index contributed by atoms with van der Waals surface area (Å²) in [6.07, 6.45) is -3.22. The Morgan fingerprint density at radius 1 is 1.11 bits per heavy atom. The summed E-state index contributed by atoms with van der Waals surface area (Å²) in [5.41, 5.74) is -0.344. The van der Waals surface area contributed by atoms with Gasteiger partial charge in [0.1, 0.15) is 0 Å². The third-order valence-electron chi connectivity index (χ3n) is 5.21. The highest BCUT2D eigenvalue weighted by Crippen LogP contribution is 2.37. The molecule has 0 saturated carbocycles. The van der Waals surface area contributed by atoms with E-state index >= 15 is 0 Å². The van der Waals surface area contributed by atoms with Crippen molar-refractivity contribution in [3.05, 3.63) is 86.6 Å². The van der Waals surface area contributed by atoms with Crippen LogP contribution in [0.25, 0.3) is 22.3 Å². The van der Waals surface area contributed by atoms with Gasteiger partial charge in [0.05, 0.1) is 39.9 Å². The maximum Gasteiger partial charge on any atom is 0.416 e. The largest absolute Gasteiger partial charge is 0.490 e. The van der Waals surface area contributed by atoms with E-state index in [4.69, 9.17) is 9.47 Å². The third-order valence-corrected chi connectivity index (χ3v) is 5.80. The molecule has 3 aromatic carbocycles. The average Bonchev–Trinajstić information content (AvgIpc) is 2.85. The van der Waals surface area contributed by atoms with Crippen LogP contribution in [0.3, 0.4) is 0 Å². The van der Waals surface area contributed by atoms with Gasteiger partial charge in [0.2, 0.25) is 0 Å². The van der Waals surface area contributed by atoms with Crippen molar-refractivity contribution in [3.63, 3.8) is 0 Å². The van der Waals surface area contributed by atoms with E-state index in [1.54, 1.807) is 36.4 Å². The van der Waals surface area contributed by atoms with Gasteiger partial charge < -0.3 is 9.47 Å². The number of benzene rings is 3. The first kappa shape index (κ1) is 26.4. The fraction of sp³-hybridized carbons (Fsp3) is 0.222. The molecule has 0 N–H and O–H groups in total. The average molecular weight is 574 g/mol. The van der Waals surface area contributed by atoms with Crippen molar-refractivity contribution in [3.8, 4) is 22.9 Å². The van der Waals surface area contributed by atoms with Gasteiger partial charge >= 0.3 is 6.18 Å². The van der Waals surface area contributed by atoms with Crippen LogP contribution < -0.4 is 15.0 Å². The van der Waals surface area contributed by atoms with Gasteiger partial charge in [-0.15, -0.1) is 0 Å². The normalized spacial score (nSPS) is 12.0. The standard InChI is InChI=1S/C27H23BrF3N3O3/c1-4-36-23-13-17(12-21(28)24(23)37-16(2)3)15-32-34-25(18-8-7-9-19(14-18)27(29,30)31)33-22-11-6-5-10-20(22)26(34)35/h5-16H,4H2,1-3H3. The molecular formula is C27H23BrF3N3O3. The number of aromatic nitrogens is 2. The van der Waals surface area contributed by atoms with Crippen LogP contribution in [0.2, 0.25) is 0 Å². The van der Waals surface area contributed by atoms with Gasteiger partial charge in [0, 0.05) is 5.56 Å². The van der Waals surface area contributed by atoms with Gasteiger partial charge in [-0.3, -0.25) is 4.79 Å². The quantitative estimate of drug-likeness (QED) is 0.225. The van der Waals surface area contributed by atoms with Gasteiger partial charge in [-0.2, -0.15) is 22.9 Å². The molecule has 0 spiro atoms. The molecule has 0 fully saturated rings. The van der Waals surface area contributed by atoms with Crippen molar-refractivity contribution in [2.24, 2.45) is 5.10 Å². The van der Waals surface area contributed by atoms with E-state index in [1.165, 1.54) is 18.3 Å². The van der Waals surface area contributed by atoms with Crippen molar-refractivity contribution in [2.45, 2.75) is 33.1 Å². The van der Waals surface area contributed by atoms with E-state index in [1.807, 2.05) is 20.8 Å². The van der Waals surface area contributed by atoms with Gasteiger partial charge in [0.25, 0.3) is 5.56 Å². The lowest BCUT2D eigenvalue weighted by Crippen LogP contribution is -2.20. The Bertz CT molecular complexity index is 1530. The van der Waals surface area contributed by atoms with Crippen LogP contribution >= 0.6 is 15.9 Å². The minimum atomic E-state index is -4.55. The molecule has 6 nitrogen and oxygen atoms in total. The highest BCUT2D eigenvalue weighted by atomic mass is 79.9. The number of para-hydroxylation sites is 1. The van der Waals surface area contributed by atoms with E-state index < -0.39 is 17.3 Å². The summed E-state index contributed by atoms with van der Waals surface area (Å²) in [5.74, 6) is 0.993. The van der Waals surface area contributed by atoms with Crippen molar-refractivity contribution >= 4 is 33.0 Å². The lowest BCUT2D eigenvalue weighted by Gasteiger charge is -2.16. The van der Waals surface area contributed by atoms with E-state index in [2.05, 4.69) is 26.0 Å². The number of alkyl halides is 3. The number of rotatable bonds is 7. The highest BCUT2D eigenvalue weighted by Gasteiger charge is 2.31. The molecule has 1 heterocycles. The predicted octanol–water partition coefficient (Wildman–Crippen LogP) is 6.91. The molecule has 37 heavy (non-hydrogen) atoms. The molecule has 0 bridgehead atoms. The Balaban J connectivity index is 1.88. The first-order chi connectivity index (χ1) is 17.6. The molecule has 0 saturated heterocycles. The maximum atomic E-state index is 13.4. The third kappa shape index (κ3) is 5.85. The first-order valence-corrected chi connectivity index (χ1v) is 12.2. The van der Waals surface area contributed by atoms with Crippen molar-refractivity contribution in [1.82, 2.24) is 9.66 Å². The molecule has 0 atom stereocenters. The summed E-state index contributed by atoms with van der Waals surface area (Å²) in [5, 5.41) is 4.63. The summed E-state index contributed by atoms with van der Waals surface area (Å²) in [6.45, 7) is 6.03. The second-order valence-corrected chi connectivity index (χ2v) is 9.18. The number of halogens is 4. The number of nitrogens with zero attached hydrogens (tertiary/aromatic N) is 3. The summed E-state index contributed by atoms with van der Waals surface area (Å²) in [4.78, 5) is 17.9. The topological polar surface area (TPSA) is 65.7 Å². The van der Waals surface area contributed by atoms with Gasteiger partial charge in [-0.25, -0.2) is 4.98 Å².